The van der Waals surface area contributed by atoms with Crippen LogP contribution in [0.2, 0.25) is 0 Å². The molecule has 2 heterocycles. The predicted octanol–water partition coefficient (Wildman–Crippen LogP) is 1.73. The summed E-state index contributed by atoms with van der Waals surface area (Å²) >= 11 is 1.54. The van der Waals surface area contributed by atoms with Crippen LogP contribution in [0.15, 0.2) is 54.5 Å². The Kier molecular flexibility index (Phi) is 4.06. The van der Waals surface area contributed by atoms with Crippen LogP contribution in [0.25, 0.3) is 5.69 Å². The molecular weight excluding hydrogens is 286 g/mol. The van der Waals surface area contributed by atoms with E-state index in [4.69, 9.17) is 0 Å². The minimum Gasteiger partial charge on any atom is -0.305 e. The van der Waals surface area contributed by atoms with Crippen LogP contribution in [0, 0.1) is 0 Å². The second-order valence-electron chi connectivity index (χ2n) is 4.19. The molecule has 0 radical (unpaired) electrons. The number of rotatable bonds is 6. The fourth-order valence-electron chi connectivity index (χ4n) is 1.82. The van der Waals surface area contributed by atoms with E-state index in [1.165, 1.54) is 11.8 Å². The highest BCUT2D eigenvalue weighted by Gasteiger charge is 2.11. The zero-order valence-corrected chi connectivity index (χ0v) is 12.0. The summed E-state index contributed by atoms with van der Waals surface area (Å²) in [5.74, 6) is 1.37. The lowest BCUT2D eigenvalue weighted by Crippen LogP contribution is -2.03. The number of thioether (sulfide) groups is 1. The quantitative estimate of drug-likeness (QED) is 0.510. The van der Waals surface area contributed by atoms with Crippen molar-refractivity contribution >= 4 is 11.8 Å². The molecule has 0 spiro atoms. The smallest absolute Gasteiger partial charge is 0.191 e. The lowest BCUT2D eigenvalue weighted by Gasteiger charge is -2.04. The maximum absolute atomic E-state index is 4.09. The lowest BCUT2D eigenvalue weighted by molar-refractivity contribution is 0.723. The first-order valence-electron chi connectivity index (χ1n) is 6.32. The molecule has 2 aromatic heterocycles. The average molecular weight is 299 g/mol. The van der Waals surface area contributed by atoms with E-state index >= 15 is 0 Å². The molecule has 3 aromatic rings. The topological polar surface area (TPSA) is 74.3 Å². The number of tetrazole rings is 1. The average Bonchev–Trinajstić information content (AvgIpc) is 3.15. The van der Waals surface area contributed by atoms with Gasteiger partial charge in [0.05, 0.1) is 11.4 Å². The molecule has 106 valence electrons. The van der Waals surface area contributed by atoms with Crippen molar-refractivity contribution in [3.05, 3.63) is 55.1 Å². The van der Waals surface area contributed by atoms with E-state index in [1.54, 1.807) is 17.1 Å². The molecule has 7 nitrogen and oxygen atoms in total. The molecule has 21 heavy (non-hydrogen) atoms. The zero-order chi connectivity index (χ0) is 14.5. The van der Waals surface area contributed by atoms with Crippen molar-refractivity contribution in [1.29, 1.82) is 0 Å². The van der Waals surface area contributed by atoms with Crippen molar-refractivity contribution in [1.82, 2.24) is 35.0 Å². The van der Waals surface area contributed by atoms with Crippen LogP contribution < -0.4 is 0 Å². The number of nitrogens with zero attached hydrogens (tertiary/aromatic N) is 7. The first-order chi connectivity index (χ1) is 10.4. The Hall–Kier alpha value is -2.48. The molecule has 0 bridgehead atoms. The second kappa shape index (κ2) is 6.31. The molecule has 0 atom stereocenters. The van der Waals surface area contributed by atoms with Gasteiger partial charge in [0, 0.05) is 6.54 Å². The van der Waals surface area contributed by atoms with Gasteiger partial charge < -0.3 is 4.57 Å². The predicted molar refractivity (Wildman–Crippen MR) is 78.9 cm³/mol. The molecule has 0 amide bonds. The number of benzene rings is 1. The molecular formula is C13H13N7S. The van der Waals surface area contributed by atoms with Crippen molar-refractivity contribution < 1.29 is 0 Å². The van der Waals surface area contributed by atoms with E-state index < -0.39 is 0 Å². The van der Waals surface area contributed by atoms with E-state index in [9.17, 15) is 0 Å². The molecule has 1 aromatic carbocycles. The third-order valence-electron chi connectivity index (χ3n) is 2.77. The van der Waals surface area contributed by atoms with Crippen LogP contribution in [0.5, 0.6) is 0 Å². The summed E-state index contributed by atoms with van der Waals surface area (Å²) < 4.78 is 3.65. The van der Waals surface area contributed by atoms with Crippen LogP contribution in [0.3, 0.4) is 0 Å². The monoisotopic (exact) mass is 299 g/mol. The molecule has 0 aliphatic rings. The van der Waals surface area contributed by atoms with Gasteiger partial charge in [-0.1, -0.05) is 36.0 Å². The highest BCUT2D eigenvalue weighted by molar-refractivity contribution is 7.98. The van der Waals surface area contributed by atoms with Crippen molar-refractivity contribution in [2.75, 3.05) is 0 Å². The molecule has 0 unspecified atom stereocenters. The van der Waals surface area contributed by atoms with E-state index in [1.807, 2.05) is 34.9 Å². The normalized spacial score (nSPS) is 10.7. The standard InChI is InChI=1S/C13H13N7S/c1-2-8-19-10-14-16-13(19)21-9-12-15-17-18-20(12)11-6-4-3-5-7-11/h2-7,10H,1,8-9H2. The van der Waals surface area contributed by atoms with E-state index in [0.29, 0.717) is 12.3 Å². The minimum absolute atomic E-state index is 0.609. The van der Waals surface area contributed by atoms with Crippen LogP contribution >= 0.6 is 11.8 Å². The van der Waals surface area contributed by atoms with Gasteiger partial charge >= 0.3 is 0 Å². The van der Waals surface area contributed by atoms with E-state index in [0.717, 1.165) is 16.7 Å². The van der Waals surface area contributed by atoms with Gasteiger partial charge in [-0.3, -0.25) is 0 Å². The fourth-order valence-corrected chi connectivity index (χ4v) is 2.65. The second-order valence-corrected chi connectivity index (χ2v) is 5.13. The zero-order valence-electron chi connectivity index (χ0n) is 11.2. The largest absolute Gasteiger partial charge is 0.305 e. The summed E-state index contributed by atoms with van der Waals surface area (Å²) in [6, 6.07) is 9.79. The highest BCUT2D eigenvalue weighted by Crippen LogP contribution is 2.20. The lowest BCUT2D eigenvalue weighted by atomic mass is 10.3. The van der Waals surface area contributed by atoms with Crippen LogP contribution in [0.4, 0.5) is 0 Å². The molecule has 0 fully saturated rings. The van der Waals surface area contributed by atoms with Crippen LogP contribution in [0.1, 0.15) is 5.82 Å². The summed E-state index contributed by atoms with van der Waals surface area (Å²) in [5, 5.41) is 20.7. The van der Waals surface area contributed by atoms with Gasteiger partial charge in [0.25, 0.3) is 0 Å². The SMILES string of the molecule is C=CCn1cnnc1SCc1nnnn1-c1ccccc1. The molecule has 0 saturated carbocycles. The minimum atomic E-state index is 0.609. The Morgan fingerprint density at radius 2 is 2.05 bits per heavy atom. The van der Waals surface area contributed by atoms with Crippen molar-refractivity contribution in [3.8, 4) is 5.69 Å². The maximum atomic E-state index is 4.09. The van der Waals surface area contributed by atoms with Gasteiger partial charge in [-0.15, -0.1) is 21.9 Å². The number of hydrogen-bond donors (Lipinski definition) is 0. The summed E-state index contributed by atoms with van der Waals surface area (Å²) in [5.41, 5.74) is 0.936. The summed E-state index contributed by atoms with van der Waals surface area (Å²) in [7, 11) is 0. The van der Waals surface area contributed by atoms with Gasteiger partial charge in [0.1, 0.15) is 6.33 Å². The molecule has 0 aliphatic heterocycles. The Morgan fingerprint density at radius 1 is 1.19 bits per heavy atom. The Morgan fingerprint density at radius 3 is 2.86 bits per heavy atom. The molecule has 3 rings (SSSR count). The third kappa shape index (κ3) is 3.00. The highest BCUT2D eigenvalue weighted by atomic mass is 32.2. The van der Waals surface area contributed by atoms with Crippen molar-refractivity contribution in [2.45, 2.75) is 17.5 Å². The van der Waals surface area contributed by atoms with Gasteiger partial charge in [0.2, 0.25) is 0 Å². The van der Waals surface area contributed by atoms with Crippen LogP contribution in [-0.2, 0) is 12.3 Å². The Labute approximate surface area is 125 Å². The van der Waals surface area contributed by atoms with Gasteiger partial charge in [-0.2, -0.15) is 4.68 Å². The van der Waals surface area contributed by atoms with Gasteiger partial charge in [0.15, 0.2) is 11.0 Å². The van der Waals surface area contributed by atoms with E-state index in [-0.39, 0.29) is 0 Å². The van der Waals surface area contributed by atoms with Gasteiger partial charge in [-0.25, -0.2) is 0 Å². The number of allylic oxidation sites excluding steroid dienone is 1. The van der Waals surface area contributed by atoms with E-state index in [2.05, 4.69) is 32.3 Å². The first-order valence-corrected chi connectivity index (χ1v) is 7.31. The van der Waals surface area contributed by atoms with Crippen molar-refractivity contribution in [2.24, 2.45) is 0 Å². The summed E-state index contributed by atoms with van der Waals surface area (Å²) in [4.78, 5) is 0. The maximum Gasteiger partial charge on any atom is 0.191 e. The van der Waals surface area contributed by atoms with Gasteiger partial charge in [-0.05, 0) is 22.6 Å². The molecule has 0 N–H and O–H groups in total. The molecule has 8 heteroatoms. The number of aromatic nitrogens is 7. The van der Waals surface area contributed by atoms with Crippen molar-refractivity contribution in [3.63, 3.8) is 0 Å². The first kappa shape index (κ1) is 13.5. The third-order valence-corrected chi connectivity index (χ3v) is 3.75. The fraction of sp³-hybridized carbons (Fsp3) is 0.154. The number of para-hydroxylation sites is 1. The molecule has 0 aliphatic carbocycles. The molecule has 0 saturated heterocycles. The number of hydrogen-bond acceptors (Lipinski definition) is 6. The van der Waals surface area contributed by atoms with Crippen LogP contribution in [-0.4, -0.2) is 35.0 Å². The summed E-state index contributed by atoms with van der Waals surface area (Å²) in [6.45, 7) is 4.40. The summed E-state index contributed by atoms with van der Waals surface area (Å²) in [6.07, 6.45) is 3.49. The Bertz CT molecular complexity index is 719. The Balaban J connectivity index is 1.76.